The third-order valence-corrected chi connectivity index (χ3v) is 3.02. The third kappa shape index (κ3) is 2.38. The van der Waals surface area contributed by atoms with Gasteiger partial charge in [-0.1, -0.05) is 0 Å². The molecule has 0 radical (unpaired) electrons. The van der Waals surface area contributed by atoms with Crippen LogP contribution in [0.2, 0.25) is 0 Å². The zero-order chi connectivity index (χ0) is 12.5. The summed E-state index contributed by atoms with van der Waals surface area (Å²) in [7, 11) is 0. The Morgan fingerprint density at radius 3 is 2.59 bits per heavy atom. The van der Waals surface area contributed by atoms with Crippen molar-refractivity contribution in [2.24, 2.45) is 0 Å². The SMILES string of the molecule is O=C(O)CC1(NC(=O)c2c[nH]c(=O)[nH]2)CCC1. The number of aromatic amines is 2. The van der Waals surface area contributed by atoms with Gasteiger partial charge in [0.15, 0.2) is 0 Å². The maximum atomic E-state index is 11.8. The van der Waals surface area contributed by atoms with Gasteiger partial charge in [-0.2, -0.15) is 0 Å². The van der Waals surface area contributed by atoms with E-state index < -0.39 is 23.1 Å². The second kappa shape index (κ2) is 4.08. The lowest BCUT2D eigenvalue weighted by molar-refractivity contribution is -0.139. The summed E-state index contributed by atoms with van der Waals surface area (Å²) in [4.78, 5) is 38.0. The van der Waals surface area contributed by atoms with E-state index in [4.69, 9.17) is 5.11 Å². The van der Waals surface area contributed by atoms with Gasteiger partial charge in [0.1, 0.15) is 5.69 Å². The average Bonchev–Trinajstić information content (AvgIpc) is 2.60. The maximum absolute atomic E-state index is 11.8. The quantitative estimate of drug-likeness (QED) is 0.583. The van der Waals surface area contributed by atoms with Gasteiger partial charge in [-0.25, -0.2) is 4.79 Å². The monoisotopic (exact) mass is 239 g/mol. The first-order valence-electron chi connectivity index (χ1n) is 5.33. The lowest BCUT2D eigenvalue weighted by Crippen LogP contribution is -2.54. The van der Waals surface area contributed by atoms with E-state index in [0.717, 1.165) is 6.42 Å². The standard InChI is InChI=1S/C10H13N3O4/c14-7(15)4-10(2-1-3-10)13-8(16)6-5-11-9(17)12-6/h5H,1-4H2,(H,13,16)(H,14,15)(H2,11,12,17). The number of aromatic nitrogens is 2. The van der Waals surface area contributed by atoms with Crippen molar-refractivity contribution in [2.75, 3.05) is 0 Å². The van der Waals surface area contributed by atoms with Gasteiger partial charge in [-0.05, 0) is 19.3 Å². The van der Waals surface area contributed by atoms with Crippen molar-refractivity contribution in [3.63, 3.8) is 0 Å². The minimum Gasteiger partial charge on any atom is -0.481 e. The van der Waals surface area contributed by atoms with Crippen molar-refractivity contribution in [1.29, 1.82) is 0 Å². The van der Waals surface area contributed by atoms with E-state index in [1.807, 2.05) is 0 Å². The summed E-state index contributed by atoms with van der Waals surface area (Å²) < 4.78 is 0. The molecule has 7 heteroatoms. The van der Waals surface area contributed by atoms with Crippen molar-refractivity contribution >= 4 is 11.9 Å². The summed E-state index contributed by atoms with van der Waals surface area (Å²) in [6, 6.07) is 0. The number of carbonyl (C=O) groups excluding carboxylic acids is 1. The zero-order valence-electron chi connectivity index (χ0n) is 9.08. The number of amides is 1. The highest BCUT2D eigenvalue weighted by molar-refractivity contribution is 5.93. The molecule has 1 fully saturated rings. The van der Waals surface area contributed by atoms with Gasteiger partial charge in [0.2, 0.25) is 0 Å². The molecule has 1 amide bonds. The molecule has 1 saturated carbocycles. The van der Waals surface area contributed by atoms with Crippen LogP contribution in [-0.2, 0) is 4.79 Å². The second-order valence-corrected chi connectivity index (χ2v) is 4.31. The van der Waals surface area contributed by atoms with Gasteiger partial charge < -0.3 is 20.4 Å². The summed E-state index contributed by atoms with van der Waals surface area (Å²) in [6.45, 7) is 0. The first-order valence-corrected chi connectivity index (χ1v) is 5.33. The largest absolute Gasteiger partial charge is 0.481 e. The third-order valence-electron chi connectivity index (χ3n) is 3.02. The summed E-state index contributed by atoms with van der Waals surface area (Å²) in [5.74, 6) is -1.39. The molecule has 4 N–H and O–H groups in total. The van der Waals surface area contributed by atoms with Crippen LogP contribution in [0.25, 0.3) is 0 Å². The lowest BCUT2D eigenvalue weighted by Gasteiger charge is -2.41. The predicted molar refractivity (Wildman–Crippen MR) is 57.7 cm³/mol. The van der Waals surface area contributed by atoms with Crippen molar-refractivity contribution in [1.82, 2.24) is 15.3 Å². The van der Waals surface area contributed by atoms with Gasteiger partial charge in [0.25, 0.3) is 5.91 Å². The number of imidazole rings is 1. The molecule has 0 bridgehead atoms. The van der Waals surface area contributed by atoms with Crippen molar-refractivity contribution in [3.05, 3.63) is 22.4 Å². The fraction of sp³-hybridized carbons (Fsp3) is 0.500. The molecule has 0 atom stereocenters. The van der Waals surface area contributed by atoms with Crippen molar-refractivity contribution < 1.29 is 14.7 Å². The molecule has 7 nitrogen and oxygen atoms in total. The maximum Gasteiger partial charge on any atom is 0.323 e. The number of H-pyrrole nitrogens is 2. The van der Waals surface area contributed by atoms with E-state index in [0.29, 0.717) is 12.8 Å². The van der Waals surface area contributed by atoms with Gasteiger partial charge in [-0.3, -0.25) is 9.59 Å². The molecule has 0 spiro atoms. The zero-order valence-corrected chi connectivity index (χ0v) is 9.08. The molecular weight excluding hydrogens is 226 g/mol. The molecule has 0 aliphatic heterocycles. The van der Waals surface area contributed by atoms with E-state index in [9.17, 15) is 14.4 Å². The number of carboxylic acid groups (broad SMARTS) is 1. The first-order chi connectivity index (χ1) is 8.01. The molecule has 0 unspecified atom stereocenters. The predicted octanol–water partition coefficient (Wildman–Crippen LogP) is -0.170. The number of aliphatic carboxylic acids is 1. The molecule has 1 aromatic heterocycles. The van der Waals surface area contributed by atoms with Crippen molar-refractivity contribution in [3.8, 4) is 0 Å². The Labute approximate surface area is 96.2 Å². The fourth-order valence-electron chi connectivity index (χ4n) is 2.00. The van der Waals surface area contributed by atoms with Crippen LogP contribution in [0.5, 0.6) is 0 Å². The van der Waals surface area contributed by atoms with Crippen LogP contribution in [0.4, 0.5) is 0 Å². The van der Waals surface area contributed by atoms with Gasteiger partial charge in [0.05, 0.1) is 12.0 Å². The van der Waals surface area contributed by atoms with Crippen LogP contribution in [0.1, 0.15) is 36.2 Å². The molecule has 92 valence electrons. The van der Waals surface area contributed by atoms with Crippen LogP contribution in [0.15, 0.2) is 11.0 Å². The molecule has 1 heterocycles. The van der Waals surface area contributed by atoms with Crippen molar-refractivity contribution in [2.45, 2.75) is 31.2 Å². The molecule has 0 saturated heterocycles. The summed E-state index contributed by atoms with van der Waals surface area (Å²) in [6.07, 6.45) is 3.38. The number of rotatable bonds is 4. The Morgan fingerprint density at radius 2 is 2.18 bits per heavy atom. The van der Waals surface area contributed by atoms with Crippen LogP contribution in [0.3, 0.4) is 0 Å². The van der Waals surface area contributed by atoms with Gasteiger partial charge in [0, 0.05) is 6.20 Å². The van der Waals surface area contributed by atoms with Gasteiger partial charge in [-0.15, -0.1) is 0 Å². The van der Waals surface area contributed by atoms with E-state index in [-0.39, 0.29) is 12.1 Å². The number of carboxylic acids is 1. The molecule has 1 aromatic rings. The minimum atomic E-state index is -0.937. The Morgan fingerprint density at radius 1 is 1.47 bits per heavy atom. The number of carbonyl (C=O) groups is 2. The van der Waals surface area contributed by atoms with Gasteiger partial charge >= 0.3 is 11.7 Å². The highest BCUT2D eigenvalue weighted by Gasteiger charge is 2.40. The minimum absolute atomic E-state index is 0.0899. The van der Waals surface area contributed by atoms with Crippen LogP contribution in [-0.4, -0.2) is 32.5 Å². The summed E-state index contributed by atoms with van der Waals surface area (Å²) in [5.41, 5.74) is -1.00. The lowest BCUT2D eigenvalue weighted by atomic mass is 9.74. The fourth-order valence-corrected chi connectivity index (χ4v) is 2.00. The van der Waals surface area contributed by atoms with E-state index >= 15 is 0 Å². The number of nitrogens with one attached hydrogen (secondary N) is 3. The Balaban J connectivity index is 2.06. The van der Waals surface area contributed by atoms with E-state index in [1.54, 1.807) is 0 Å². The molecule has 0 aromatic carbocycles. The normalized spacial score (nSPS) is 17.2. The summed E-state index contributed by atoms with van der Waals surface area (Å²) >= 11 is 0. The Hall–Kier alpha value is -2.05. The molecule has 2 rings (SSSR count). The Kier molecular flexibility index (Phi) is 2.74. The molecule has 1 aliphatic carbocycles. The van der Waals surface area contributed by atoms with E-state index in [1.165, 1.54) is 6.20 Å². The smallest absolute Gasteiger partial charge is 0.323 e. The molecule has 17 heavy (non-hydrogen) atoms. The van der Waals surface area contributed by atoms with Crippen LogP contribution in [0, 0.1) is 0 Å². The first kappa shape index (κ1) is 11.4. The highest BCUT2D eigenvalue weighted by atomic mass is 16.4. The van der Waals surface area contributed by atoms with Crippen LogP contribution >= 0.6 is 0 Å². The van der Waals surface area contributed by atoms with Crippen LogP contribution < -0.4 is 11.0 Å². The highest BCUT2D eigenvalue weighted by Crippen LogP contribution is 2.35. The second-order valence-electron chi connectivity index (χ2n) is 4.31. The Bertz CT molecular complexity index is 498. The topological polar surface area (TPSA) is 115 Å². The molecular formula is C10H13N3O4. The average molecular weight is 239 g/mol. The number of hydrogen-bond donors (Lipinski definition) is 4. The number of hydrogen-bond acceptors (Lipinski definition) is 3. The summed E-state index contributed by atoms with van der Waals surface area (Å²) in [5, 5.41) is 11.5. The van der Waals surface area contributed by atoms with E-state index in [2.05, 4.69) is 15.3 Å². The molecule has 1 aliphatic rings.